The number of aromatic nitrogens is 2. The van der Waals surface area contributed by atoms with E-state index in [0.29, 0.717) is 0 Å². The lowest BCUT2D eigenvalue weighted by atomic mass is 10.2. The molecule has 6 heteroatoms. The summed E-state index contributed by atoms with van der Waals surface area (Å²) in [6.07, 6.45) is 1.86. The molecule has 100 valence electrons. The Labute approximate surface area is 104 Å². The molecule has 0 amide bonds. The number of fused-ring (bicyclic) bond motifs is 3. The standard InChI is InChI=1S/C12H10N2.4H2O/c1-8-12-10(6-7-13-8)9-4-2-3-5-11(9)14-12;;;;/h2-7,14H,1H3;4*1H2. The maximum absolute atomic E-state index is 4.27. The molecule has 3 aromatic rings. The van der Waals surface area contributed by atoms with Crippen LogP contribution in [0.25, 0.3) is 21.8 Å². The zero-order valence-electron chi connectivity index (χ0n) is 9.91. The molecule has 0 saturated heterocycles. The fourth-order valence-electron chi connectivity index (χ4n) is 1.91. The first kappa shape index (κ1) is 18.4. The van der Waals surface area contributed by atoms with Crippen LogP contribution >= 0.6 is 0 Å². The van der Waals surface area contributed by atoms with Gasteiger partial charge in [0.2, 0.25) is 0 Å². The summed E-state index contributed by atoms with van der Waals surface area (Å²) < 4.78 is 0. The molecule has 0 fully saturated rings. The molecule has 0 bridgehead atoms. The van der Waals surface area contributed by atoms with E-state index < -0.39 is 0 Å². The topological polar surface area (TPSA) is 155 Å². The average Bonchev–Trinajstić information content (AvgIpc) is 2.59. The fourth-order valence-corrected chi connectivity index (χ4v) is 1.91. The van der Waals surface area contributed by atoms with Gasteiger partial charge in [0, 0.05) is 22.5 Å². The molecule has 2 heterocycles. The minimum Gasteiger partial charge on any atom is -0.412 e. The molecular formula is C12H18N2O4. The van der Waals surface area contributed by atoms with E-state index >= 15 is 0 Å². The van der Waals surface area contributed by atoms with Gasteiger partial charge in [-0.15, -0.1) is 0 Å². The molecule has 0 aliphatic rings. The predicted octanol–water partition coefficient (Wildman–Crippen LogP) is -0.274. The van der Waals surface area contributed by atoms with Gasteiger partial charge in [-0.05, 0) is 19.1 Å². The van der Waals surface area contributed by atoms with Crippen LogP contribution in [0.5, 0.6) is 0 Å². The van der Waals surface area contributed by atoms with E-state index in [0.717, 1.165) is 11.2 Å². The van der Waals surface area contributed by atoms with E-state index in [2.05, 4.69) is 34.2 Å². The molecule has 6 nitrogen and oxygen atoms in total. The highest BCUT2D eigenvalue weighted by Crippen LogP contribution is 2.25. The lowest BCUT2D eigenvalue weighted by Crippen LogP contribution is -1.79. The Bertz CT molecular complexity index is 622. The first-order valence-electron chi connectivity index (χ1n) is 4.68. The molecule has 0 saturated carbocycles. The Balaban J connectivity index is 0. The Morgan fingerprint density at radius 2 is 1.56 bits per heavy atom. The monoisotopic (exact) mass is 254 g/mol. The summed E-state index contributed by atoms with van der Waals surface area (Å²) in [4.78, 5) is 7.66. The normalized spacial score (nSPS) is 8.72. The zero-order valence-corrected chi connectivity index (χ0v) is 9.91. The van der Waals surface area contributed by atoms with Crippen LogP contribution in [0.1, 0.15) is 5.69 Å². The third-order valence-corrected chi connectivity index (χ3v) is 2.62. The quantitative estimate of drug-likeness (QED) is 0.575. The van der Waals surface area contributed by atoms with Crippen LogP contribution in [-0.4, -0.2) is 31.9 Å². The highest BCUT2D eigenvalue weighted by molar-refractivity contribution is 6.07. The number of benzene rings is 1. The van der Waals surface area contributed by atoms with Gasteiger partial charge in [-0.3, -0.25) is 4.98 Å². The molecule has 3 rings (SSSR count). The van der Waals surface area contributed by atoms with Gasteiger partial charge in [0.25, 0.3) is 0 Å². The summed E-state index contributed by atoms with van der Waals surface area (Å²) in [6.45, 7) is 2.03. The van der Waals surface area contributed by atoms with Crippen molar-refractivity contribution in [1.29, 1.82) is 0 Å². The molecule has 0 unspecified atom stereocenters. The van der Waals surface area contributed by atoms with Gasteiger partial charge in [0.1, 0.15) is 0 Å². The van der Waals surface area contributed by atoms with Gasteiger partial charge in [-0.2, -0.15) is 0 Å². The number of aromatic amines is 1. The first-order valence-corrected chi connectivity index (χ1v) is 4.68. The molecule has 0 aliphatic heterocycles. The molecule has 18 heavy (non-hydrogen) atoms. The lowest BCUT2D eigenvalue weighted by Gasteiger charge is -1.92. The highest BCUT2D eigenvalue weighted by atomic mass is 16.0. The Hall–Kier alpha value is -1.99. The van der Waals surface area contributed by atoms with Crippen molar-refractivity contribution in [2.24, 2.45) is 0 Å². The van der Waals surface area contributed by atoms with Crippen LogP contribution < -0.4 is 0 Å². The highest BCUT2D eigenvalue weighted by Gasteiger charge is 2.04. The van der Waals surface area contributed by atoms with Crippen LogP contribution in [0.15, 0.2) is 36.5 Å². The number of hydrogen-bond donors (Lipinski definition) is 1. The summed E-state index contributed by atoms with van der Waals surface area (Å²) in [6, 6.07) is 10.4. The summed E-state index contributed by atoms with van der Waals surface area (Å²) >= 11 is 0. The van der Waals surface area contributed by atoms with Gasteiger partial charge in [0.15, 0.2) is 0 Å². The number of pyridine rings is 1. The number of nitrogens with one attached hydrogen (secondary N) is 1. The molecule has 0 aliphatic carbocycles. The van der Waals surface area contributed by atoms with Gasteiger partial charge in [-0.1, -0.05) is 18.2 Å². The van der Waals surface area contributed by atoms with Crippen LogP contribution in [0.2, 0.25) is 0 Å². The maximum atomic E-state index is 4.27. The van der Waals surface area contributed by atoms with Crippen LogP contribution in [0, 0.1) is 6.92 Å². The number of nitrogens with zero attached hydrogens (tertiary/aromatic N) is 1. The van der Waals surface area contributed by atoms with Crippen molar-refractivity contribution in [2.45, 2.75) is 6.92 Å². The Morgan fingerprint density at radius 1 is 0.889 bits per heavy atom. The second-order valence-electron chi connectivity index (χ2n) is 3.49. The zero-order chi connectivity index (χ0) is 9.54. The lowest BCUT2D eigenvalue weighted by molar-refractivity contribution is 0.823. The summed E-state index contributed by atoms with van der Waals surface area (Å²) in [5.41, 5.74) is 3.38. The van der Waals surface area contributed by atoms with Gasteiger partial charge >= 0.3 is 0 Å². The number of H-pyrrole nitrogens is 1. The average molecular weight is 254 g/mol. The van der Waals surface area contributed by atoms with Crippen molar-refractivity contribution in [3.63, 3.8) is 0 Å². The number of aryl methyl sites for hydroxylation is 1. The minimum atomic E-state index is 0. The third-order valence-electron chi connectivity index (χ3n) is 2.62. The summed E-state index contributed by atoms with van der Waals surface area (Å²) in [5.74, 6) is 0. The minimum absolute atomic E-state index is 0. The van der Waals surface area contributed by atoms with E-state index in [-0.39, 0.29) is 21.9 Å². The van der Waals surface area contributed by atoms with Gasteiger partial charge in [-0.25, -0.2) is 0 Å². The van der Waals surface area contributed by atoms with Gasteiger partial charge in [0.05, 0.1) is 11.2 Å². The number of hydrogen-bond acceptors (Lipinski definition) is 1. The second-order valence-corrected chi connectivity index (χ2v) is 3.49. The molecule has 0 atom stereocenters. The fraction of sp³-hybridized carbons (Fsp3) is 0.0833. The first-order chi connectivity index (χ1) is 6.86. The van der Waals surface area contributed by atoms with Crippen molar-refractivity contribution in [3.05, 3.63) is 42.2 Å². The third kappa shape index (κ3) is 2.47. The largest absolute Gasteiger partial charge is 0.412 e. The van der Waals surface area contributed by atoms with Crippen LogP contribution in [0.3, 0.4) is 0 Å². The maximum Gasteiger partial charge on any atom is 0.0681 e. The molecule has 1 aromatic carbocycles. The van der Waals surface area contributed by atoms with Crippen molar-refractivity contribution in [1.82, 2.24) is 9.97 Å². The van der Waals surface area contributed by atoms with E-state index in [9.17, 15) is 0 Å². The van der Waals surface area contributed by atoms with E-state index in [4.69, 9.17) is 0 Å². The smallest absolute Gasteiger partial charge is 0.0681 e. The predicted molar refractivity (Wildman–Crippen MR) is 72.8 cm³/mol. The van der Waals surface area contributed by atoms with Crippen molar-refractivity contribution < 1.29 is 21.9 Å². The van der Waals surface area contributed by atoms with Crippen LogP contribution in [-0.2, 0) is 0 Å². The molecule has 9 N–H and O–H groups in total. The van der Waals surface area contributed by atoms with Crippen molar-refractivity contribution >= 4 is 21.8 Å². The molecule has 2 aromatic heterocycles. The van der Waals surface area contributed by atoms with Gasteiger partial charge < -0.3 is 26.9 Å². The second kappa shape index (κ2) is 6.67. The molecule has 0 radical (unpaired) electrons. The summed E-state index contributed by atoms with van der Waals surface area (Å²) in [7, 11) is 0. The summed E-state index contributed by atoms with van der Waals surface area (Å²) in [5, 5.41) is 2.53. The Kier molecular flexibility index (Phi) is 6.81. The van der Waals surface area contributed by atoms with E-state index in [1.807, 2.05) is 19.2 Å². The number of rotatable bonds is 0. The molecule has 0 spiro atoms. The Morgan fingerprint density at radius 3 is 2.28 bits per heavy atom. The van der Waals surface area contributed by atoms with E-state index in [1.54, 1.807) is 0 Å². The van der Waals surface area contributed by atoms with Crippen molar-refractivity contribution in [3.8, 4) is 0 Å². The van der Waals surface area contributed by atoms with E-state index in [1.165, 1.54) is 16.3 Å². The van der Waals surface area contributed by atoms with Crippen LogP contribution in [0.4, 0.5) is 0 Å². The molecular weight excluding hydrogens is 236 g/mol. The number of para-hydroxylation sites is 1. The van der Waals surface area contributed by atoms with Crippen molar-refractivity contribution in [2.75, 3.05) is 0 Å². The SMILES string of the molecule is Cc1nccc2c1[nH]c1ccccc12.O.O.O.O.